The standard InChI is InChI=1S/C18H24N4O2.ClH/c1-24-17-4-2-15(3-5-17)12-22-13-16(11-21-22)18(23)20-9-7-14-6-8-19-10-14;/h2-5,11,13-14,19H,6-10,12H2,1H3,(H,20,23);1H. The smallest absolute Gasteiger partial charge is 0.254 e. The number of halogens is 1. The Morgan fingerprint density at radius 2 is 2.20 bits per heavy atom. The predicted octanol–water partition coefficient (Wildman–Crippen LogP) is 2.09. The molecule has 1 aliphatic rings. The predicted molar refractivity (Wildman–Crippen MR) is 99.5 cm³/mol. The Kier molecular flexibility index (Phi) is 7.28. The van der Waals surface area contributed by atoms with Gasteiger partial charge in [0.05, 0.1) is 25.4 Å². The minimum atomic E-state index is -0.0538. The van der Waals surface area contributed by atoms with Crippen molar-refractivity contribution in [1.29, 1.82) is 0 Å². The van der Waals surface area contributed by atoms with E-state index in [-0.39, 0.29) is 18.3 Å². The molecule has 7 heteroatoms. The largest absolute Gasteiger partial charge is 0.497 e. The average molecular weight is 365 g/mol. The molecule has 0 bridgehead atoms. The van der Waals surface area contributed by atoms with Crippen molar-refractivity contribution in [2.75, 3.05) is 26.7 Å². The molecule has 1 aromatic carbocycles. The second kappa shape index (κ2) is 9.44. The van der Waals surface area contributed by atoms with Gasteiger partial charge in [-0.05, 0) is 49.5 Å². The third kappa shape index (κ3) is 5.47. The van der Waals surface area contributed by atoms with Crippen LogP contribution < -0.4 is 15.4 Å². The molecule has 136 valence electrons. The lowest BCUT2D eigenvalue weighted by atomic mass is 10.1. The lowest BCUT2D eigenvalue weighted by Crippen LogP contribution is -2.26. The zero-order valence-electron chi connectivity index (χ0n) is 14.4. The minimum Gasteiger partial charge on any atom is -0.497 e. The summed E-state index contributed by atoms with van der Waals surface area (Å²) in [6.45, 7) is 3.51. The number of methoxy groups -OCH3 is 1. The van der Waals surface area contributed by atoms with Crippen molar-refractivity contribution >= 4 is 18.3 Å². The van der Waals surface area contributed by atoms with Gasteiger partial charge in [-0.15, -0.1) is 12.4 Å². The summed E-state index contributed by atoms with van der Waals surface area (Å²) in [5.41, 5.74) is 1.72. The zero-order chi connectivity index (χ0) is 16.8. The van der Waals surface area contributed by atoms with Crippen LogP contribution in [-0.2, 0) is 6.54 Å². The number of ether oxygens (including phenoxy) is 1. The number of hydrogen-bond acceptors (Lipinski definition) is 4. The number of rotatable bonds is 7. The molecule has 1 amide bonds. The lowest BCUT2D eigenvalue weighted by molar-refractivity contribution is 0.0951. The van der Waals surface area contributed by atoms with Gasteiger partial charge in [0.15, 0.2) is 0 Å². The van der Waals surface area contributed by atoms with Crippen LogP contribution in [0.3, 0.4) is 0 Å². The Labute approximate surface area is 154 Å². The third-order valence-corrected chi connectivity index (χ3v) is 4.40. The number of amides is 1. The maximum Gasteiger partial charge on any atom is 0.254 e. The number of nitrogens with zero attached hydrogens (tertiary/aromatic N) is 2. The first-order valence-corrected chi connectivity index (χ1v) is 8.39. The lowest BCUT2D eigenvalue weighted by Gasteiger charge is -2.08. The van der Waals surface area contributed by atoms with Crippen LogP contribution in [0.25, 0.3) is 0 Å². The SMILES string of the molecule is COc1ccc(Cn2cc(C(=O)NCCC3CCNC3)cn2)cc1.Cl. The molecule has 2 N–H and O–H groups in total. The second-order valence-corrected chi connectivity index (χ2v) is 6.18. The van der Waals surface area contributed by atoms with E-state index in [4.69, 9.17) is 4.74 Å². The first-order chi connectivity index (χ1) is 11.7. The Morgan fingerprint density at radius 3 is 2.88 bits per heavy atom. The van der Waals surface area contributed by atoms with Crippen LogP contribution in [-0.4, -0.2) is 42.4 Å². The number of benzene rings is 1. The number of aromatic nitrogens is 2. The van der Waals surface area contributed by atoms with Crippen LogP contribution >= 0.6 is 12.4 Å². The van der Waals surface area contributed by atoms with Crippen molar-refractivity contribution in [3.05, 3.63) is 47.8 Å². The van der Waals surface area contributed by atoms with Crippen molar-refractivity contribution in [2.24, 2.45) is 5.92 Å². The molecule has 1 saturated heterocycles. The number of carbonyl (C=O) groups is 1. The molecule has 1 unspecified atom stereocenters. The Hall–Kier alpha value is -2.05. The van der Waals surface area contributed by atoms with Crippen molar-refractivity contribution in [3.63, 3.8) is 0 Å². The fraction of sp³-hybridized carbons (Fsp3) is 0.444. The summed E-state index contributed by atoms with van der Waals surface area (Å²) in [6.07, 6.45) is 5.64. The first kappa shape index (κ1) is 19.3. The Balaban J connectivity index is 0.00000225. The molecule has 1 atom stereocenters. The molecule has 1 aliphatic heterocycles. The summed E-state index contributed by atoms with van der Waals surface area (Å²) in [7, 11) is 1.65. The van der Waals surface area contributed by atoms with Crippen LogP contribution in [0.1, 0.15) is 28.8 Å². The summed E-state index contributed by atoms with van der Waals surface area (Å²) < 4.78 is 6.93. The topological polar surface area (TPSA) is 68.2 Å². The van der Waals surface area contributed by atoms with Crippen molar-refractivity contribution in [2.45, 2.75) is 19.4 Å². The van der Waals surface area contributed by atoms with Gasteiger partial charge in [0.1, 0.15) is 5.75 Å². The third-order valence-electron chi connectivity index (χ3n) is 4.40. The summed E-state index contributed by atoms with van der Waals surface area (Å²) in [5.74, 6) is 1.46. The Bertz CT molecular complexity index is 666. The molecule has 3 rings (SSSR count). The quantitative estimate of drug-likeness (QED) is 0.789. The molecular formula is C18H25ClN4O2. The Morgan fingerprint density at radius 1 is 1.40 bits per heavy atom. The molecule has 6 nitrogen and oxygen atoms in total. The number of carbonyl (C=O) groups excluding carboxylic acids is 1. The molecular weight excluding hydrogens is 340 g/mol. The summed E-state index contributed by atoms with van der Waals surface area (Å²) in [6, 6.07) is 7.83. The van der Waals surface area contributed by atoms with E-state index in [1.807, 2.05) is 24.3 Å². The zero-order valence-corrected chi connectivity index (χ0v) is 15.2. The summed E-state index contributed by atoms with van der Waals surface area (Å²) >= 11 is 0. The van der Waals surface area contributed by atoms with Crippen molar-refractivity contribution in [3.8, 4) is 5.75 Å². The fourth-order valence-corrected chi connectivity index (χ4v) is 2.94. The summed E-state index contributed by atoms with van der Waals surface area (Å²) in [4.78, 5) is 12.2. The highest BCUT2D eigenvalue weighted by Gasteiger charge is 2.15. The van der Waals surface area contributed by atoms with Gasteiger partial charge < -0.3 is 15.4 Å². The van der Waals surface area contributed by atoms with Gasteiger partial charge in [0.25, 0.3) is 5.91 Å². The molecule has 0 aliphatic carbocycles. The summed E-state index contributed by atoms with van der Waals surface area (Å²) in [5, 5.41) is 10.6. The normalized spacial score (nSPS) is 16.3. The molecule has 0 radical (unpaired) electrons. The highest BCUT2D eigenvalue weighted by atomic mass is 35.5. The number of nitrogens with one attached hydrogen (secondary N) is 2. The van der Waals surface area contributed by atoms with E-state index in [9.17, 15) is 4.79 Å². The maximum absolute atomic E-state index is 12.2. The maximum atomic E-state index is 12.2. The van der Waals surface area contributed by atoms with E-state index in [2.05, 4.69) is 15.7 Å². The van der Waals surface area contributed by atoms with Gasteiger partial charge >= 0.3 is 0 Å². The fourth-order valence-electron chi connectivity index (χ4n) is 2.94. The van der Waals surface area contributed by atoms with Crippen molar-refractivity contribution < 1.29 is 9.53 Å². The van der Waals surface area contributed by atoms with E-state index in [1.165, 1.54) is 6.42 Å². The molecule has 2 aromatic rings. The molecule has 25 heavy (non-hydrogen) atoms. The molecule has 1 fully saturated rings. The van der Waals surface area contributed by atoms with Gasteiger partial charge in [-0.2, -0.15) is 5.10 Å². The molecule has 0 saturated carbocycles. The molecule has 0 spiro atoms. The second-order valence-electron chi connectivity index (χ2n) is 6.18. The van der Waals surface area contributed by atoms with Gasteiger partial charge in [-0.25, -0.2) is 0 Å². The van der Waals surface area contributed by atoms with Crippen LogP contribution in [0.2, 0.25) is 0 Å². The van der Waals surface area contributed by atoms with Gasteiger partial charge in [-0.1, -0.05) is 12.1 Å². The molecule has 1 aromatic heterocycles. The van der Waals surface area contributed by atoms with Crippen LogP contribution in [0.5, 0.6) is 5.75 Å². The van der Waals surface area contributed by atoms with E-state index in [0.29, 0.717) is 18.0 Å². The van der Waals surface area contributed by atoms with Crippen LogP contribution in [0, 0.1) is 5.92 Å². The monoisotopic (exact) mass is 364 g/mol. The van der Waals surface area contributed by atoms with Gasteiger partial charge in [-0.3, -0.25) is 9.48 Å². The first-order valence-electron chi connectivity index (χ1n) is 8.39. The van der Waals surface area contributed by atoms with Gasteiger partial charge in [0.2, 0.25) is 0 Å². The van der Waals surface area contributed by atoms with E-state index in [1.54, 1.807) is 24.2 Å². The highest BCUT2D eigenvalue weighted by molar-refractivity contribution is 5.93. The van der Waals surface area contributed by atoms with Crippen molar-refractivity contribution in [1.82, 2.24) is 20.4 Å². The average Bonchev–Trinajstić information content (AvgIpc) is 3.27. The van der Waals surface area contributed by atoms with E-state index < -0.39 is 0 Å². The molecule has 2 heterocycles. The van der Waals surface area contributed by atoms with Crippen LogP contribution in [0.4, 0.5) is 0 Å². The highest BCUT2D eigenvalue weighted by Crippen LogP contribution is 2.13. The van der Waals surface area contributed by atoms with E-state index in [0.717, 1.165) is 37.4 Å². The van der Waals surface area contributed by atoms with Crippen LogP contribution in [0.15, 0.2) is 36.7 Å². The number of hydrogen-bond donors (Lipinski definition) is 2. The van der Waals surface area contributed by atoms with E-state index >= 15 is 0 Å². The minimum absolute atomic E-state index is 0. The van der Waals surface area contributed by atoms with Gasteiger partial charge in [0, 0.05) is 12.7 Å².